The summed E-state index contributed by atoms with van der Waals surface area (Å²) in [5, 5.41) is -0.0577. The molecule has 0 bridgehead atoms. The van der Waals surface area contributed by atoms with Gasteiger partial charge < -0.3 is 14.2 Å². The molecule has 9 heteroatoms. The number of halogens is 3. The minimum absolute atomic E-state index is 0.0420. The van der Waals surface area contributed by atoms with Gasteiger partial charge >= 0.3 is 0 Å². The molecule has 36 heavy (non-hydrogen) atoms. The first kappa shape index (κ1) is 25.6. The Kier molecular flexibility index (Phi) is 8.15. The first-order valence-electron chi connectivity index (χ1n) is 11.5. The lowest BCUT2D eigenvalue weighted by Gasteiger charge is -2.21. The van der Waals surface area contributed by atoms with E-state index >= 15 is 0 Å². The molecular weight excluding hydrogens is 492 g/mol. The number of fused-ring (bicyclic) bond motifs is 1. The Bertz CT molecular complexity index is 1300. The van der Waals surface area contributed by atoms with E-state index in [0.717, 1.165) is 12.0 Å². The summed E-state index contributed by atoms with van der Waals surface area (Å²) in [4.78, 5) is 30.3. The van der Waals surface area contributed by atoms with Crippen molar-refractivity contribution in [3.05, 3.63) is 70.1 Å². The van der Waals surface area contributed by atoms with Crippen LogP contribution in [0, 0.1) is 5.82 Å². The van der Waals surface area contributed by atoms with Crippen molar-refractivity contribution in [2.75, 3.05) is 27.0 Å². The highest BCUT2D eigenvalue weighted by atomic mass is 35.5. The Morgan fingerprint density at radius 3 is 2.64 bits per heavy atom. The van der Waals surface area contributed by atoms with Gasteiger partial charge in [-0.3, -0.25) is 9.59 Å². The van der Waals surface area contributed by atoms with Gasteiger partial charge in [0.1, 0.15) is 36.2 Å². The van der Waals surface area contributed by atoms with Crippen LogP contribution in [-0.4, -0.2) is 43.5 Å². The van der Waals surface area contributed by atoms with Crippen molar-refractivity contribution in [3.8, 4) is 28.5 Å². The number of benzene rings is 2. The summed E-state index contributed by atoms with van der Waals surface area (Å²) in [7, 11) is 1.42. The molecule has 0 radical (unpaired) electrons. The lowest BCUT2D eigenvalue weighted by Crippen LogP contribution is -2.14. The van der Waals surface area contributed by atoms with E-state index in [-0.39, 0.29) is 41.7 Å². The number of hydrogen-bond acceptors (Lipinski definition) is 6. The zero-order valence-corrected chi connectivity index (χ0v) is 20.4. The van der Waals surface area contributed by atoms with Gasteiger partial charge in [-0.1, -0.05) is 11.6 Å². The zero-order chi connectivity index (χ0) is 25.7. The minimum Gasteiger partial charge on any atom is -0.493 e. The fourth-order valence-electron chi connectivity index (χ4n) is 3.96. The van der Waals surface area contributed by atoms with E-state index in [0.29, 0.717) is 47.1 Å². The predicted molar refractivity (Wildman–Crippen MR) is 131 cm³/mol. The quantitative estimate of drug-likeness (QED) is 0.305. The number of alkyl halides is 1. The van der Waals surface area contributed by atoms with Crippen molar-refractivity contribution in [1.29, 1.82) is 0 Å². The van der Waals surface area contributed by atoms with Gasteiger partial charge in [-0.25, -0.2) is 13.8 Å². The summed E-state index contributed by atoms with van der Waals surface area (Å²) >= 11 is 5.97. The SMILES string of the molecule is COc1cc(C(=O)CCC(=O)c2cc3c(c(-c4ccc(F)c(Cl)c4)n2)OCCC3)ccc1OCCF. The number of aryl methyl sites for hydroxylation is 1. The lowest BCUT2D eigenvalue weighted by atomic mass is 9.98. The van der Waals surface area contributed by atoms with E-state index in [4.69, 9.17) is 25.8 Å². The lowest BCUT2D eigenvalue weighted by molar-refractivity contribution is 0.0914. The number of rotatable bonds is 10. The van der Waals surface area contributed by atoms with Gasteiger partial charge in [-0.15, -0.1) is 0 Å². The molecule has 0 amide bonds. The van der Waals surface area contributed by atoms with Gasteiger partial charge in [0.05, 0.1) is 18.7 Å². The molecule has 0 fully saturated rings. The smallest absolute Gasteiger partial charge is 0.181 e. The molecular formula is C27H24ClF2NO5. The fraction of sp³-hybridized carbons (Fsp3) is 0.296. The van der Waals surface area contributed by atoms with Crippen LogP contribution in [0.3, 0.4) is 0 Å². The number of pyridine rings is 1. The molecule has 1 aliphatic heterocycles. The standard InChI is InChI=1S/C27H24ClF2NO5/c1-34-25-15-16(5-9-24(25)35-12-10-29)22(32)7-8-23(33)21-14-18-3-2-11-36-27(18)26(31-21)17-4-6-20(30)19(28)13-17/h4-6,9,13-15H,2-3,7-8,10-12H2,1H3. The van der Waals surface area contributed by atoms with E-state index in [1.807, 2.05) is 0 Å². The number of carbonyl (C=O) groups is 2. The highest BCUT2D eigenvalue weighted by Gasteiger charge is 2.23. The molecule has 6 nitrogen and oxygen atoms in total. The van der Waals surface area contributed by atoms with Crippen LogP contribution in [0.15, 0.2) is 42.5 Å². The molecule has 2 heterocycles. The van der Waals surface area contributed by atoms with Crippen LogP contribution in [0.2, 0.25) is 5.02 Å². The third-order valence-electron chi connectivity index (χ3n) is 5.76. The van der Waals surface area contributed by atoms with E-state index in [1.54, 1.807) is 12.1 Å². The normalized spacial score (nSPS) is 12.4. The van der Waals surface area contributed by atoms with Crippen LogP contribution < -0.4 is 14.2 Å². The Hall–Kier alpha value is -3.52. The first-order chi connectivity index (χ1) is 17.4. The van der Waals surface area contributed by atoms with Gasteiger partial charge in [0.25, 0.3) is 0 Å². The zero-order valence-electron chi connectivity index (χ0n) is 19.6. The number of aromatic nitrogens is 1. The number of Topliss-reactive ketones (excluding diaryl/α,β-unsaturated/α-hetero) is 2. The van der Waals surface area contributed by atoms with Crippen LogP contribution in [0.4, 0.5) is 8.78 Å². The highest BCUT2D eigenvalue weighted by molar-refractivity contribution is 6.31. The van der Waals surface area contributed by atoms with Crippen molar-refractivity contribution in [3.63, 3.8) is 0 Å². The topological polar surface area (TPSA) is 74.7 Å². The second-order valence-corrected chi connectivity index (χ2v) is 8.58. The maximum Gasteiger partial charge on any atom is 0.181 e. The first-order valence-corrected chi connectivity index (χ1v) is 11.8. The predicted octanol–water partition coefficient (Wildman–Crippen LogP) is 6.07. The number of ketones is 2. The van der Waals surface area contributed by atoms with Gasteiger partial charge in [-0.05, 0) is 60.9 Å². The summed E-state index contributed by atoms with van der Waals surface area (Å²) in [6.07, 6.45) is 1.40. The Labute approximate surface area is 212 Å². The molecule has 0 aliphatic carbocycles. The number of hydrogen-bond donors (Lipinski definition) is 0. The highest BCUT2D eigenvalue weighted by Crippen LogP contribution is 2.37. The van der Waals surface area contributed by atoms with Crippen LogP contribution >= 0.6 is 11.6 Å². The molecule has 2 aromatic carbocycles. The van der Waals surface area contributed by atoms with E-state index in [2.05, 4.69) is 4.98 Å². The molecule has 4 rings (SSSR count). The molecule has 0 atom stereocenters. The average molecular weight is 516 g/mol. The Balaban J connectivity index is 1.53. The minimum atomic E-state index is -0.648. The summed E-state index contributed by atoms with van der Waals surface area (Å²) < 4.78 is 42.4. The molecule has 1 aromatic heterocycles. The van der Waals surface area contributed by atoms with Crippen LogP contribution in [0.1, 0.15) is 45.7 Å². The van der Waals surface area contributed by atoms with Gasteiger partial charge in [0, 0.05) is 24.0 Å². The second-order valence-electron chi connectivity index (χ2n) is 8.17. The third-order valence-corrected chi connectivity index (χ3v) is 6.05. The number of ether oxygens (including phenoxy) is 3. The average Bonchev–Trinajstić information content (AvgIpc) is 2.91. The molecule has 0 saturated carbocycles. The van der Waals surface area contributed by atoms with Crippen LogP contribution in [0.25, 0.3) is 11.3 Å². The van der Waals surface area contributed by atoms with Crippen molar-refractivity contribution in [2.24, 2.45) is 0 Å². The summed E-state index contributed by atoms with van der Waals surface area (Å²) in [6.45, 7) is -0.257. The monoisotopic (exact) mass is 515 g/mol. The molecule has 1 aliphatic rings. The van der Waals surface area contributed by atoms with Crippen LogP contribution in [-0.2, 0) is 6.42 Å². The Morgan fingerprint density at radius 2 is 1.89 bits per heavy atom. The molecule has 0 saturated heterocycles. The van der Waals surface area contributed by atoms with Crippen molar-refractivity contribution in [1.82, 2.24) is 4.98 Å². The van der Waals surface area contributed by atoms with Gasteiger partial charge in [0.15, 0.2) is 23.1 Å². The summed E-state index contributed by atoms with van der Waals surface area (Å²) in [5.41, 5.74) is 2.33. The maximum absolute atomic E-state index is 13.7. The molecule has 0 unspecified atom stereocenters. The van der Waals surface area contributed by atoms with Crippen molar-refractivity contribution < 1.29 is 32.6 Å². The molecule has 0 N–H and O–H groups in total. The van der Waals surface area contributed by atoms with E-state index in [9.17, 15) is 18.4 Å². The summed E-state index contributed by atoms with van der Waals surface area (Å²) in [6, 6.07) is 10.5. The molecule has 188 valence electrons. The van der Waals surface area contributed by atoms with Crippen molar-refractivity contribution in [2.45, 2.75) is 25.7 Å². The Morgan fingerprint density at radius 1 is 1.08 bits per heavy atom. The third kappa shape index (κ3) is 5.65. The van der Waals surface area contributed by atoms with E-state index < -0.39 is 12.5 Å². The van der Waals surface area contributed by atoms with Crippen LogP contribution in [0.5, 0.6) is 17.2 Å². The molecule has 3 aromatic rings. The molecule has 0 spiro atoms. The van der Waals surface area contributed by atoms with E-state index in [1.165, 1.54) is 37.4 Å². The van der Waals surface area contributed by atoms with Gasteiger partial charge in [-0.2, -0.15) is 0 Å². The van der Waals surface area contributed by atoms with Crippen molar-refractivity contribution >= 4 is 23.2 Å². The number of methoxy groups -OCH3 is 1. The maximum atomic E-state index is 13.7. The van der Waals surface area contributed by atoms with Gasteiger partial charge in [0.2, 0.25) is 0 Å². The summed E-state index contributed by atoms with van der Waals surface area (Å²) in [5.74, 6) is 0.0705. The fourth-order valence-corrected chi connectivity index (χ4v) is 4.14. The number of carbonyl (C=O) groups excluding carboxylic acids is 2. The second kappa shape index (κ2) is 11.5. The largest absolute Gasteiger partial charge is 0.493 e. The number of nitrogens with zero attached hydrogens (tertiary/aromatic N) is 1.